The summed E-state index contributed by atoms with van der Waals surface area (Å²) < 4.78 is 18.9. The first-order valence-electron chi connectivity index (χ1n) is 13.5. The molecule has 0 heterocycles. The summed E-state index contributed by atoms with van der Waals surface area (Å²) in [7, 11) is -2.86. The number of hydrogen-bond donors (Lipinski definition) is 2. The van der Waals surface area contributed by atoms with E-state index in [-0.39, 0.29) is 18.3 Å². The lowest BCUT2D eigenvalue weighted by Gasteiger charge is -2.44. The lowest BCUT2D eigenvalue weighted by Crippen LogP contribution is -2.67. The SMILES string of the molecule is CC(C)(C)OC(=O)N[C@H](CO)[C@H](CO[Si](c1ccccc1)(c1ccccc1)C(C)(C)C)OCc1ccccc1. The number of benzene rings is 3. The van der Waals surface area contributed by atoms with Crippen molar-refractivity contribution in [1.82, 2.24) is 5.32 Å². The maximum absolute atomic E-state index is 12.7. The predicted octanol–water partition coefficient (Wildman–Crippen LogP) is 5.03. The minimum Gasteiger partial charge on any atom is -0.444 e. The van der Waals surface area contributed by atoms with Crippen LogP contribution in [0.3, 0.4) is 0 Å². The van der Waals surface area contributed by atoms with E-state index in [1.807, 2.05) is 66.7 Å². The molecule has 3 aromatic rings. The molecule has 0 radical (unpaired) electrons. The van der Waals surface area contributed by atoms with Gasteiger partial charge in [-0.25, -0.2) is 4.79 Å². The lowest BCUT2D eigenvalue weighted by molar-refractivity contribution is -0.0304. The third-order valence-corrected chi connectivity index (χ3v) is 11.5. The molecule has 1 amide bonds. The Balaban J connectivity index is 1.98. The van der Waals surface area contributed by atoms with Crippen molar-refractivity contribution in [3.8, 4) is 0 Å². The second kappa shape index (κ2) is 13.4. The molecule has 0 aliphatic carbocycles. The molecular formula is C32H43NO5Si. The molecule has 3 rings (SSSR count). The summed E-state index contributed by atoms with van der Waals surface area (Å²) >= 11 is 0. The van der Waals surface area contributed by atoms with Crippen molar-refractivity contribution < 1.29 is 23.8 Å². The smallest absolute Gasteiger partial charge is 0.408 e. The number of aliphatic hydroxyl groups is 1. The van der Waals surface area contributed by atoms with Gasteiger partial charge in [0, 0.05) is 0 Å². The van der Waals surface area contributed by atoms with E-state index in [2.05, 4.69) is 50.4 Å². The van der Waals surface area contributed by atoms with Gasteiger partial charge >= 0.3 is 6.09 Å². The van der Waals surface area contributed by atoms with Gasteiger partial charge < -0.3 is 24.3 Å². The molecule has 0 aromatic heterocycles. The molecule has 7 heteroatoms. The molecule has 0 bridgehead atoms. The highest BCUT2D eigenvalue weighted by Gasteiger charge is 2.50. The first-order valence-corrected chi connectivity index (χ1v) is 15.4. The van der Waals surface area contributed by atoms with Crippen molar-refractivity contribution >= 4 is 24.8 Å². The lowest BCUT2D eigenvalue weighted by atomic mass is 10.1. The molecule has 39 heavy (non-hydrogen) atoms. The number of aliphatic hydroxyl groups excluding tert-OH is 1. The first kappa shape index (κ1) is 30.6. The summed E-state index contributed by atoms with van der Waals surface area (Å²) in [4.78, 5) is 12.7. The van der Waals surface area contributed by atoms with Gasteiger partial charge in [0.05, 0.1) is 25.9 Å². The number of ether oxygens (including phenoxy) is 2. The molecule has 2 N–H and O–H groups in total. The van der Waals surface area contributed by atoms with Crippen molar-refractivity contribution in [2.75, 3.05) is 13.2 Å². The van der Waals surface area contributed by atoms with Crippen LogP contribution in [0.25, 0.3) is 0 Å². The van der Waals surface area contributed by atoms with Gasteiger partial charge in [0.25, 0.3) is 8.32 Å². The second-order valence-electron chi connectivity index (χ2n) is 11.7. The largest absolute Gasteiger partial charge is 0.444 e. The second-order valence-corrected chi connectivity index (χ2v) is 16.1. The molecule has 0 fully saturated rings. The fourth-order valence-electron chi connectivity index (χ4n) is 4.74. The van der Waals surface area contributed by atoms with E-state index in [0.29, 0.717) is 6.61 Å². The Bertz CT molecular complexity index is 1100. The minimum absolute atomic E-state index is 0.168. The zero-order chi connectivity index (χ0) is 28.5. The number of amides is 1. The molecule has 0 unspecified atom stereocenters. The van der Waals surface area contributed by atoms with Crippen LogP contribution in [0.15, 0.2) is 91.0 Å². The minimum atomic E-state index is -2.86. The zero-order valence-electron chi connectivity index (χ0n) is 24.0. The Morgan fingerprint density at radius 3 is 1.74 bits per heavy atom. The van der Waals surface area contributed by atoms with Gasteiger partial charge in [0.15, 0.2) is 0 Å². The molecule has 2 atom stereocenters. The number of hydrogen-bond acceptors (Lipinski definition) is 5. The van der Waals surface area contributed by atoms with Crippen LogP contribution in [0, 0.1) is 0 Å². The van der Waals surface area contributed by atoms with Crippen molar-refractivity contribution in [3.63, 3.8) is 0 Å². The zero-order valence-corrected chi connectivity index (χ0v) is 25.0. The van der Waals surface area contributed by atoms with Crippen LogP contribution in [0.4, 0.5) is 4.79 Å². The first-order chi connectivity index (χ1) is 18.5. The number of carbonyl (C=O) groups excluding carboxylic acids is 1. The predicted molar refractivity (Wildman–Crippen MR) is 159 cm³/mol. The van der Waals surface area contributed by atoms with E-state index in [1.54, 1.807) is 20.8 Å². The van der Waals surface area contributed by atoms with Gasteiger partial charge in [-0.1, -0.05) is 112 Å². The Hall–Kier alpha value is -2.97. The number of rotatable bonds is 11. The molecule has 0 saturated heterocycles. The van der Waals surface area contributed by atoms with Crippen molar-refractivity contribution in [2.24, 2.45) is 0 Å². The monoisotopic (exact) mass is 549 g/mol. The Labute approximate surface area is 234 Å². The summed E-state index contributed by atoms with van der Waals surface area (Å²) in [5, 5.41) is 15.2. The van der Waals surface area contributed by atoms with Crippen LogP contribution in [0.5, 0.6) is 0 Å². The number of alkyl carbamates (subject to hydrolysis) is 1. The third kappa shape index (κ3) is 8.26. The van der Waals surface area contributed by atoms with Crippen LogP contribution in [-0.4, -0.2) is 50.5 Å². The van der Waals surface area contributed by atoms with Crippen molar-refractivity contribution in [2.45, 2.75) is 70.9 Å². The summed E-state index contributed by atoms with van der Waals surface area (Å²) in [6.45, 7) is 12.2. The highest BCUT2D eigenvalue weighted by atomic mass is 28.4. The van der Waals surface area contributed by atoms with Gasteiger partial charge in [-0.3, -0.25) is 0 Å². The number of nitrogens with one attached hydrogen (secondary N) is 1. The topological polar surface area (TPSA) is 77.0 Å². The quantitative estimate of drug-likeness (QED) is 0.328. The Morgan fingerprint density at radius 2 is 1.31 bits per heavy atom. The Morgan fingerprint density at radius 1 is 0.821 bits per heavy atom. The third-order valence-electron chi connectivity index (χ3n) is 6.54. The van der Waals surface area contributed by atoms with E-state index in [1.165, 1.54) is 0 Å². The van der Waals surface area contributed by atoms with E-state index < -0.39 is 32.2 Å². The standard InChI is InChI=1S/C32H43NO5Si/c1-31(2,3)38-30(35)33-28(22-34)29(36-23-25-16-10-7-11-17-25)24-37-39(32(4,5)6,26-18-12-8-13-19-26)27-20-14-9-15-21-27/h7-21,28-29,34H,22-24H2,1-6H3,(H,33,35)/t28-,29+/m1/s1. The molecule has 0 aliphatic rings. The van der Waals surface area contributed by atoms with Crippen molar-refractivity contribution in [3.05, 3.63) is 96.6 Å². The van der Waals surface area contributed by atoms with Crippen molar-refractivity contribution in [1.29, 1.82) is 0 Å². The highest BCUT2D eigenvalue weighted by Crippen LogP contribution is 2.37. The van der Waals surface area contributed by atoms with Gasteiger partial charge in [-0.05, 0) is 41.7 Å². The molecule has 0 aliphatic heterocycles. The maximum Gasteiger partial charge on any atom is 0.408 e. The molecule has 210 valence electrons. The maximum atomic E-state index is 12.7. The average molecular weight is 550 g/mol. The molecule has 3 aromatic carbocycles. The van der Waals surface area contributed by atoms with Gasteiger partial charge in [0.1, 0.15) is 11.7 Å². The van der Waals surface area contributed by atoms with Gasteiger partial charge in [0.2, 0.25) is 0 Å². The number of carbonyl (C=O) groups is 1. The van der Waals surface area contributed by atoms with Gasteiger partial charge in [-0.15, -0.1) is 0 Å². The van der Waals surface area contributed by atoms with Crippen LogP contribution in [0.2, 0.25) is 5.04 Å². The molecular weight excluding hydrogens is 506 g/mol. The average Bonchev–Trinajstić information content (AvgIpc) is 2.89. The van der Waals surface area contributed by atoms with Gasteiger partial charge in [-0.2, -0.15) is 0 Å². The van der Waals surface area contributed by atoms with Crippen LogP contribution in [0.1, 0.15) is 47.1 Å². The molecule has 6 nitrogen and oxygen atoms in total. The summed E-state index contributed by atoms with van der Waals surface area (Å²) in [5.74, 6) is 0. The van der Waals surface area contributed by atoms with E-state index >= 15 is 0 Å². The van der Waals surface area contributed by atoms with Crippen LogP contribution in [-0.2, 0) is 20.5 Å². The highest BCUT2D eigenvalue weighted by molar-refractivity contribution is 6.99. The van der Waals surface area contributed by atoms with E-state index in [0.717, 1.165) is 15.9 Å². The van der Waals surface area contributed by atoms with E-state index in [9.17, 15) is 9.90 Å². The summed E-state index contributed by atoms with van der Waals surface area (Å²) in [6, 6.07) is 29.8. The summed E-state index contributed by atoms with van der Waals surface area (Å²) in [6.07, 6.45) is -1.25. The Kier molecular flexibility index (Phi) is 10.5. The summed E-state index contributed by atoms with van der Waals surface area (Å²) in [5.41, 5.74) is 0.317. The fourth-order valence-corrected chi connectivity index (χ4v) is 9.31. The van der Waals surface area contributed by atoms with E-state index in [4.69, 9.17) is 13.9 Å². The van der Waals surface area contributed by atoms with Crippen LogP contribution >= 0.6 is 0 Å². The molecule has 0 spiro atoms. The normalized spacial score (nSPS) is 13.9. The molecule has 0 saturated carbocycles. The fraction of sp³-hybridized carbons (Fsp3) is 0.406. The van der Waals surface area contributed by atoms with Crippen LogP contribution < -0.4 is 15.7 Å².